The van der Waals surface area contributed by atoms with Crippen molar-refractivity contribution in [2.24, 2.45) is 0 Å². The normalized spacial score (nSPS) is 11.1. The lowest BCUT2D eigenvalue weighted by molar-refractivity contribution is 0.415. The monoisotopic (exact) mass is 298 g/mol. The molecule has 0 radical (unpaired) electrons. The summed E-state index contributed by atoms with van der Waals surface area (Å²) in [6.07, 6.45) is 0.919. The molecule has 0 N–H and O–H groups in total. The minimum absolute atomic E-state index is 0.221. The highest BCUT2D eigenvalue weighted by Gasteiger charge is 2.16. The third-order valence-corrected chi connectivity index (χ3v) is 3.86. The van der Waals surface area contributed by atoms with Crippen molar-refractivity contribution in [3.63, 3.8) is 0 Å². The van der Waals surface area contributed by atoms with Gasteiger partial charge in [-0.1, -0.05) is 25.1 Å². The molecule has 1 aromatic heterocycles. The molecule has 0 fully saturated rings. The van der Waals surface area contributed by atoms with Gasteiger partial charge in [0.2, 0.25) is 0 Å². The number of benzene rings is 2. The van der Waals surface area contributed by atoms with Gasteiger partial charge in [0, 0.05) is 11.9 Å². The molecule has 1 heterocycles. The van der Waals surface area contributed by atoms with Crippen LogP contribution in [0.1, 0.15) is 19.0 Å². The fourth-order valence-electron chi connectivity index (χ4n) is 2.85. The number of ether oxygens (including phenoxy) is 1. The highest BCUT2D eigenvalue weighted by atomic mass is 19.1. The second-order valence-electron chi connectivity index (χ2n) is 5.36. The molecule has 0 aliphatic rings. The summed E-state index contributed by atoms with van der Waals surface area (Å²) in [7, 11) is 1.64. The van der Waals surface area contributed by atoms with E-state index >= 15 is 0 Å². The Labute approximate surface area is 129 Å². The number of rotatable bonds is 4. The van der Waals surface area contributed by atoms with Crippen LogP contribution in [0.25, 0.3) is 22.0 Å². The van der Waals surface area contributed by atoms with E-state index in [1.807, 2.05) is 37.3 Å². The molecule has 0 aliphatic heterocycles. The average Bonchev–Trinajstić information content (AvgIpc) is 2.86. The molecule has 0 saturated heterocycles. The summed E-state index contributed by atoms with van der Waals surface area (Å²) >= 11 is 0. The van der Waals surface area contributed by atoms with Gasteiger partial charge in [0.15, 0.2) is 0 Å². The molecule has 3 nitrogen and oxygen atoms in total. The first kappa shape index (κ1) is 14.6. The Bertz CT molecular complexity index is 806. The van der Waals surface area contributed by atoms with Crippen LogP contribution in [0.3, 0.4) is 0 Å². The lowest BCUT2D eigenvalue weighted by Crippen LogP contribution is -2.00. The highest BCUT2D eigenvalue weighted by molar-refractivity contribution is 5.97. The fraction of sp³-hybridized carbons (Fsp3) is 0.278. The molecule has 3 rings (SSSR count). The SMILES string of the molecule is CCCn1nc(C)c2c(-c3ccc(OC)cc3)ccc(F)c21. The molecule has 0 unspecified atom stereocenters. The van der Waals surface area contributed by atoms with Crippen LogP contribution in [0.5, 0.6) is 5.75 Å². The number of aromatic nitrogens is 2. The number of halogens is 1. The van der Waals surface area contributed by atoms with Gasteiger partial charge in [0.25, 0.3) is 0 Å². The zero-order chi connectivity index (χ0) is 15.7. The van der Waals surface area contributed by atoms with Crippen LogP contribution in [0.4, 0.5) is 4.39 Å². The summed E-state index contributed by atoms with van der Waals surface area (Å²) in [5.41, 5.74) is 3.48. The Morgan fingerprint density at radius 3 is 2.50 bits per heavy atom. The Hall–Kier alpha value is -2.36. The van der Waals surface area contributed by atoms with E-state index in [1.165, 1.54) is 6.07 Å². The van der Waals surface area contributed by atoms with E-state index in [4.69, 9.17) is 4.74 Å². The van der Waals surface area contributed by atoms with Crippen molar-refractivity contribution in [2.75, 3.05) is 7.11 Å². The van der Waals surface area contributed by atoms with E-state index in [0.29, 0.717) is 12.1 Å². The molecule has 22 heavy (non-hydrogen) atoms. The van der Waals surface area contributed by atoms with Crippen molar-refractivity contribution in [1.82, 2.24) is 9.78 Å². The van der Waals surface area contributed by atoms with Crippen LogP contribution in [0.15, 0.2) is 36.4 Å². The maximum Gasteiger partial charge on any atom is 0.149 e. The highest BCUT2D eigenvalue weighted by Crippen LogP contribution is 2.33. The van der Waals surface area contributed by atoms with Gasteiger partial charge in [-0.15, -0.1) is 0 Å². The maximum atomic E-state index is 14.3. The summed E-state index contributed by atoms with van der Waals surface area (Å²) in [6, 6.07) is 11.1. The molecule has 3 aromatic rings. The molecule has 0 aliphatic carbocycles. The van der Waals surface area contributed by atoms with Crippen LogP contribution in [-0.4, -0.2) is 16.9 Å². The van der Waals surface area contributed by atoms with Crippen LogP contribution < -0.4 is 4.74 Å². The van der Waals surface area contributed by atoms with E-state index in [-0.39, 0.29) is 5.82 Å². The second-order valence-corrected chi connectivity index (χ2v) is 5.36. The van der Waals surface area contributed by atoms with Crippen LogP contribution in [0, 0.1) is 12.7 Å². The molecule has 0 bridgehead atoms. The molecule has 0 saturated carbocycles. The fourth-order valence-corrected chi connectivity index (χ4v) is 2.85. The van der Waals surface area contributed by atoms with Crippen molar-refractivity contribution in [3.05, 3.63) is 47.9 Å². The number of fused-ring (bicyclic) bond motifs is 1. The van der Waals surface area contributed by atoms with E-state index < -0.39 is 0 Å². The Balaban J connectivity index is 2.23. The number of hydrogen-bond acceptors (Lipinski definition) is 2. The van der Waals surface area contributed by atoms with Gasteiger partial charge in [-0.3, -0.25) is 4.68 Å². The van der Waals surface area contributed by atoms with Crippen molar-refractivity contribution >= 4 is 10.9 Å². The molecule has 0 atom stereocenters. The summed E-state index contributed by atoms with van der Waals surface area (Å²) < 4.78 is 21.3. The largest absolute Gasteiger partial charge is 0.497 e. The standard InChI is InChI=1S/C18H19FN2O/c1-4-11-21-18-16(19)10-9-15(17(18)12(2)20-21)13-5-7-14(22-3)8-6-13/h5-10H,4,11H2,1-3H3. The number of aryl methyl sites for hydroxylation is 2. The predicted octanol–water partition coefficient (Wildman–Crippen LogP) is 4.57. The molecular formula is C18H19FN2O. The van der Waals surface area contributed by atoms with Crippen molar-refractivity contribution < 1.29 is 9.13 Å². The quantitative estimate of drug-likeness (QED) is 0.705. The van der Waals surface area contributed by atoms with E-state index in [9.17, 15) is 4.39 Å². The lowest BCUT2D eigenvalue weighted by Gasteiger charge is -2.08. The van der Waals surface area contributed by atoms with Crippen molar-refractivity contribution in [1.29, 1.82) is 0 Å². The van der Waals surface area contributed by atoms with Crippen LogP contribution >= 0.6 is 0 Å². The zero-order valence-corrected chi connectivity index (χ0v) is 13.1. The Morgan fingerprint density at radius 1 is 1.14 bits per heavy atom. The molecule has 2 aromatic carbocycles. The minimum atomic E-state index is -0.221. The minimum Gasteiger partial charge on any atom is -0.497 e. The first-order valence-corrected chi connectivity index (χ1v) is 7.45. The zero-order valence-electron chi connectivity index (χ0n) is 13.1. The third kappa shape index (κ3) is 2.34. The van der Waals surface area contributed by atoms with E-state index in [0.717, 1.165) is 34.4 Å². The summed E-state index contributed by atoms with van der Waals surface area (Å²) in [4.78, 5) is 0. The second kappa shape index (κ2) is 5.79. The summed E-state index contributed by atoms with van der Waals surface area (Å²) in [5, 5.41) is 5.40. The summed E-state index contributed by atoms with van der Waals surface area (Å²) in [6.45, 7) is 4.71. The number of hydrogen-bond donors (Lipinski definition) is 0. The van der Waals surface area contributed by atoms with Gasteiger partial charge in [-0.2, -0.15) is 5.10 Å². The Kier molecular flexibility index (Phi) is 3.84. The van der Waals surface area contributed by atoms with Crippen molar-refractivity contribution in [3.8, 4) is 16.9 Å². The first-order valence-electron chi connectivity index (χ1n) is 7.45. The smallest absolute Gasteiger partial charge is 0.149 e. The number of nitrogens with zero attached hydrogens (tertiary/aromatic N) is 2. The molecule has 0 spiro atoms. The lowest BCUT2D eigenvalue weighted by atomic mass is 10.00. The molecular weight excluding hydrogens is 279 g/mol. The van der Waals surface area contributed by atoms with Crippen LogP contribution in [-0.2, 0) is 6.54 Å². The first-order chi connectivity index (χ1) is 10.7. The van der Waals surface area contributed by atoms with Gasteiger partial charge in [-0.05, 0) is 42.7 Å². The predicted molar refractivity (Wildman–Crippen MR) is 86.7 cm³/mol. The summed E-state index contributed by atoms with van der Waals surface area (Å²) in [5.74, 6) is 0.585. The molecule has 0 amide bonds. The average molecular weight is 298 g/mol. The molecule has 4 heteroatoms. The van der Waals surface area contributed by atoms with Gasteiger partial charge >= 0.3 is 0 Å². The maximum absolute atomic E-state index is 14.3. The van der Waals surface area contributed by atoms with E-state index in [2.05, 4.69) is 12.0 Å². The molecule has 114 valence electrons. The Morgan fingerprint density at radius 2 is 1.86 bits per heavy atom. The van der Waals surface area contributed by atoms with Gasteiger partial charge < -0.3 is 4.74 Å². The van der Waals surface area contributed by atoms with Crippen molar-refractivity contribution in [2.45, 2.75) is 26.8 Å². The van der Waals surface area contributed by atoms with Gasteiger partial charge in [-0.25, -0.2) is 4.39 Å². The van der Waals surface area contributed by atoms with E-state index in [1.54, 1.807) is 11.8 Å². The third-order valence-electron chi connectivity index (χ3n) is 3.86. The van der Waals surface area contributed by atoms with Crippen LogP contribution in [0.2, 0.25) is 0 Å². The van der Waals surface area contributed by atoms with Gasteiger partial charge in [0.1, 0.15) is 17.1 Å². The topological polar surface area (TPSA) is 27.1 Å². The van der Waals surface area contributed by atoms with Gasteiger partial charge in [0.05, 0.1) is 12.8 Å². The number of methoxy groups -OCH3 is 1.